The first-order valence-corrected chi connectivity index (χ1v) is 36.4. The number of fused-ring (bicyclic) bond motifs is 24. The Bertz CT molecular complexity index is 3960. The summed E-state index contributed by atoms with van der Waals surface area (Å²) < 4.78 is 73.7. The van der Waals surface area contributed by atoms with Gasteiger partial charge in [0.05, 0.1) is 84.3 Å². The van der Waals surface area contributed by atoms with Crippen LogP contribution in [0.3, 0.4) is 0 Å². The number of piperidine rings is 2. The van der Waals surface area contributed by atoms with Gasteiger partial charge in [-0.3, -0.25) is 9.59 Å². The maximum Gasteiger partial charge on any atom is 0.410 e. The van der Waals surface area contributed by atoms with Gasteiger partial charge in [0.2, 0.25) is 23.8 Å². The van der Waals surface area contributed by atoms with Crippen molar-refractivity contribution in [2.45, 2.75) is 117 Å². The SMILES string of the molecule is CCOc1nc2nc(n1)Nc1ccc(C(=O)NC(C(=O)O)C3CCCN(C(=O)OC(C)(C)C)C3)c(c1)OCCOCCOCCOc1ccc(cc1)CN2.CCOc1nc2nc(n1)Nc1ccc(C(=O)NC(C(=O)OC)C3CCCN(C(=O)OC(C)(C)C)C3)c(c1)OCCOCCOCCOc1ccc(cc1)CN2. The molecule has 590 valence electrons. The van der Waals surface area contributed by atoms with Gasteiger partial charge >= 0.3 is 36.1 Å². The summed E-state index contributed by atoms with van der Waals surface area (Å²) in [6.45, 7) is 20.5. The molecule has 109 heavy (non-hydrogen) atoms. The van der Waals surface area contributed by atoms with E-state index in [0.717, 1.165) is 16.9 Å². The molecule has 6 aromatic rings. The van der Waals surface area contributed by atoms with Crippen molar-refractivity contribution < 1.29 is 95.5 Å². The summed E-state index contributed by atoms with van der Waals surface area (Å²) in [5.74, 6) is -1.34. The molecule has 0 aliphatic carbocycles. The van der Waals surface area contributed by atoms with Crippen LogP contribution in [0.15, 0.2) is 84.9 Å². The van der Waals surface area contributed by atoms with E-state index in [1.165, 1.54) is 18.1 Å². The number of nitrogens with one attached hydrogen (secondary N) is 6. The van der Waals surface area contributed by atoms with E-state index in [1.807, 2.05) is 62.4 Å². The largest absolute Gasteiger partial charge is 0.491 e. The molecule has 7 N–H and O–H groups in total. The Hall–Kier alpha value is -10.8. The monoisotopic (exact) mass is 1520 g/mol. The van der Waals surface area contributed by atoms with Gasteiger partial charge < -0.3 is 108 Å². The number of carbonyl (C=O) groups is 6. The number of carboxylic acid groups (broad SMARTS) is 1. The third-order valence-corrected chi connectivity index (χ3v) is 16.7. The number of aromatic nitrogens is 6. The summed E-state index contributed by atoms with van der Waals surface area (Å²) >= 11 is 0. The summed E-state index contributed by atoms with van der Waals surface area (Å²) in [4.78, 5) is 109. The Labute approximate surface area is 632 Å². The summed E-state index contributed by atoms with van der Waals surface area (Å²) in [5, 5.41) is 28.4. The summed E-state index contributed by atoms with van der Waals surface area (Å²) in [5.41, 5.74) is 1.78. The molecule has 6 aliphatic heterocycles. The number of nitrogens with zero attached hydrogens (tertiary/aromatic N) is 8. The third-order valence-electron chi connectivity index (χ3n) is 16.7. The topological polar surface area (TPSA) is 399 Å². The number of amides is 4. The van der Waals surface area contributed by atoms with Crippen LogP contribution < -0.4 is 60.3 Å². The Balaban J connectivity index is 0.000000251. The van der Waals surface area contributed by atoms with Crippen molar-refractivity contribution in [3.8, 4) is 35.0 Å². The molecule has 2 fully saturated rings. The quantitative estimate of drug-likeness (QED) is 0.0342. The van der Waals surface area contributed by atoms with Crippen molar-refractivity contribution in [3.63, 3.8) is 0 Å². The van der Waals surface area contributed by atoms with Crippen molar-refractivity contribution in [1.82, 2.24) is 50.3 Å². The van der Waals surface area contributed by atoms with Crippen molar-refractivity contribution in [2.75, 3.05) is 147 Å². The number of hydrogen-bond acceptors (Lipinski definition) is 29. The minimum atomic E-state index is -1.28. The number of benzene rings is 4. The van der Waals surface area contributed by atoms with Gasteiger partial charge in [0, 0.05) is 74.6 Å². The molecule has 12 bridgehead atoms. The lowest BCUT2D eigenvalue weighted by Crippen LogP contribution is -2.53. The molecular formula is C75H100N14O20. The van der Waals surface area contributed by atoms with Crippen molar-refractivity contribution in [3.05, 3.63) is 107 Å². The van der Waals surface area contributed by atoms with Crippen LogP contribution in [0.2, 0.25) is 0 Å². The van der Waals surface area contributed by atoms with Crippen LogP contribution in [-0.2, 0) is 55.8 Å². The predicted molar refractivity (Wildman–Crippen MR) is 397 cm³/mol. The number of carboxylic acids is 1. The number of carbonyl (C=O) groups excluding carboxylic acids is 5. The van der Waals surface area contributed by atoms with Crippen LogP contribution in [-0.4, -0.2) is 230 Å². The molecule has 0 saturated carbocycles. The lowest BCUT2D eigenvalue weighted by molar-refractivity contribution is -0.145. The highest BCUT2D eigenvalue weighted by Crippen LogP contribution is 2.32. The van der Waals surface area contributed by atoms with E-state index in [9.17, 15) is 33.9 Å². The minimum Gasteiger partial charge on any atom is -0.491 e. The molecule has 2 aromatic heterocycles. The van der Waals surface area contributed by atoms with E-state index >= 15 is 0 Å². The third kappa shape index (κ3) is 26.8. The number of rotatable bonds is 12. The van der Waals surface area contributed by atoms with Crippen molar-refractivity contribution in [2.24, 2.45) is 11.8 Å². The summed E-state index contributed by atoms with van der Waals surface area (Å²) in [7, 11) is 1.26. The first-order chi connectivity index (χ1) is 52.5. The number of hydrogen-bond donors (Lipinski definition) is 7. The fourth-order valence-electron chi connectivity index (χ4n) is 11.6. The minimum absolute atomic E-state index is 0.0762. The first-order valence-electron chi connectivity index (χ1n) is 36.4. The van der Waals surface area contributed by atoms with E-state index in [1.54, 1.807) is 76.8 Å². The number of methoxy groups -OCH3 is 1. The van der Waals surface area contributed by atoms with E-state index in [2.05, 4.69) is 61.8 Å². The predicted octanol–water partition coefficient (Wildman–Crippen LogP) is 8.61. The normalized spacial score (nSPS) is 17.6. The van der Waals surface area contributed by atoms with Crippen LogP contribution >= 0.6 is 0 Å². The Morgan fingerprint density at radius 1 is 0.505 bits per heavy atom. The van der Waals surface area contributed by atoms with Crippen molar-refractivity contribution >= 4 is 71.1 Å². The number of aliphatic carboxylic acids is 1. The smallest absolute Gasteiger partial charge is 0.410 e. The lowest BCUT2D eigenvalue weighted by Gasteiger charge is -2.36. The Kier molecular flexibility index (Phi) is 30.9. The first kappa shape index (κ1) is 82.2. The number of likely N-dealkylation sites (tertiary alicyclic amines) is 2. The van der Waals surface area contributed by atoms with E-state index < -0.39 is 71.1 Å². The average Bonchev–Trinajstić information content (AvgIpc) is 0.851. The highest BCUT2D eigenvalue weighted by Gasteiger charge is 2.39. The molecule has 4 amide bonds. The van der Waals surface area contributed by atoms with Crippen molar-refractivity contribution in [1.29, 1.82) is 0 Å². The zero-order chi connectivity index (χ0) is 77.7. The van der Waals surface area contributed by atoms with Gasteiger partial charge in [0.25, 0.3) is 11.8 Å². The van der Waals surface area contributed by atoms with Crippen LogP contribution in [0, 0.1) is 11.8 Å². The highest BCUT2D eigenvalue weighted by molar-refractivity contribution is 6.00. The highest BCUT2D eigenvalue weighted by atomic mass is 16.6. The molecule has 8 heterocycles. The van der Waals surface area contributed by atoms with Gasteiger partial charge in [-0.15, -0.1) is 0 Å². The van der Waals surface area contributed by atoms with Gasteiger partial charge in [-0.25, -0.2) is 19.2 Å². The molecule has 0 spiro atoms. The lowest BCUT2D eigenvalue weighted by atomic mass is 9.90. The van der Waals surface area contributed by atoms with Crippen LogP contribution in [0.5, 0.6) is 35.0 Å². The average molecular weight is 1520 g/mol. The molecule has 6 aliphatic rings. The second kappa shape index (κ2) is 40.9. The summed E-state index contributed by atoms with van der Waals surface area (Å²) in [6.07, 6.45) is 1.25. The van der Waals surface area contributed by atoms with Gasteiger partial charge in [-0.2, -0.15) is 29.9 Å². The maximum atomic E-state index is 14.0. The van der Waals surface area contributed by atoms with E-state index in [-0.39, 0.29) is 98.0 Å². The summed E-state index contributed by atoms with van der Waals surface area (Å²) in [6, 6.07) is 22.8. The molecule has 34 heteroatoms. The second-order valence-electron chi connectivity index (χ2n) is 27.3. The zero-order valence-electron chi connectivity index (χ0n) is 63.1. The standard InChI is InChI=1S/C38H51N7O10.C37H49N7O10/c1-6-52-36-43-34-39-23-25-9-12-28(13-10-25)53-20-18-50-16-17-51-19-21-54-30-22-27(40-35(42-34)44-36)11-14-29(30)32(46)41-31(33(47)49-5)26-8-7-15-45(24-26)37(48)55-38(2,3)4;1-5-51-35-42-33-38-22-24-8-11-27(12-9-24)52-19-17-49-15-16-50-18-20-53-29-21-26(39-34(41-33)43-35)10-13-28(29)31(45)40-30(32(46)47)25-7-6-14-44(23-25)36(48)54-37(2,3)4/h9-14,22,26,31H,6-8,15-21,23-24H2,1-5H3,(H,41,46)(H2,39,40,42,43,44);8-13,21,25,30H,5-7,14-20,22-23H2,1-4H3,(H,40,45)(H,46,47)(H2,38,39,41,42,43). The van der Waals surface area contributed by atoms with Gasteiger partial charge in [-0.1, -0.05) is 24.3 Å². The second-order valence-corrected chi connectivity index (χ2v) is 27.3. The maximum absolute atomic E-state index is 14.0. The molecule has 4 atom stereocenters. The van der Waals surface area contributed by atoms with E-state index in [4.69, 9.17) is 61.6 Å². The van der Waals surface area contributed by atoms with Gasteiger partial charge in [0.15, 0.2) is 0 Å². The Morgan fingerprint density at radius 2 is 0.881 bits per heavy atom. The number of esters is 1. The Morgan fingerprint density at radius 3 is 1.27 bits per heavy atom. The fourth-order valence-corrected chi connectivity index (χ4v) is 11.6. The van der Waals surface area contributed by atoms with Crippen LogP contribution in [0.4, 0.5) is 44.8 Å². The molecule has 0 radical (unpaired) electrons. The molecule has 34 nitrogen and oxygen atoms in total. The molecule has 2 saturated heterocycles. The number of anilines is 6. The molecular weight excluding hydrogens is 1420 g/mol. The fraction of sp³-hybridized carbons (Fsp3) is 0.520. The molecule has 4 unspecified atom stereocenters. The van der Waals surface area contributed by atoms with Gasteiger partial charge in [0.1, 0.15) is 72.7 Å². The van der Waals surface area contributed by atoms with E-state index in [0.29, 0.717) is 135 Å². The molecule has 4 aromatic carbocycles. The van der Waals surface area contributed by atoms with Gasteiger partial charge in [-0.05, 0) is 141 Å². The van der Waals surface area contributed by atoms with Crippen LogP contribution in [0.25, 0.3) is 0 Å². The zero-order valence-corrected chi connectivity index (χ0v) is 63.1. The van der Waals surface area contributed by atoms with Crippen LogP contribution in [0.1, 0.15) is 113 Å². The molecule has 12 rings (SSSR count). The number of ether oxygens (including phenoxy) is 13.